The summed E-state index contributed by atoms with van der Waals surface area (Å²) < 4.78 is 0. The zero-order chi connectivity index (χ0) is 13.5. The predicted octanol–water partition coefficient (Wildman–Crippen LogP) is 0.735. The molecule has 0 atom stereocenters. The Labute approximate surface area is 122 Å². The van der Waals surface area contributed by atoms with Crippen molar-refractivity contribution in [2.75, 3.05) is 39.8 Å². The molecule has 1 aliphatic carbocycles. The third-order valence-electron chi connectivity index (χ3n) is 3.32. The maximum Gasteiger partial charge on any atom is 0.242 e. The fraction of sp³-hybridized carbons (Fsp3) is 0.846. The van der Waals surface area contributed by atoms with E-state index in [0.717, 1.165) is 12.5 Å². The molecule has 6 heteroatoms. The molecule has 0 aromatic heterocycles. The highest BCUT2D eigenvalue weighted by molar-refractivity contribution is 5.85. The minimum atomic E-state index is -0.0174. The first-order valence-electron chi connectivity index (χ1n) is 6.80. The second kappa shape index (κ2) is 9.15. The maximum absolute atomic E-state index is 11.8. The van der Waals surface area contributed by atoms with Gasteiger partial charge in [0.1, 0.15) is 0 Å². The molecular formula is C13H26ClN3O2. The van der Waals surface area contributed by atoms with Crippen LogP contribution in [0.2, 0.25) is 0 Å². The van der Waals surface area contributed by atoms with Gasteiger partial charge in [-0.1, -0.05) is 0 Å². The molecule has 1 N–H and O–H groups in total. The lowest BCUT2D eigenvalue weighted by atomic mass is 10.4. The minimum Gasteiger partial charge on any atom is -0.342 e. The Hall–Kier alpha value is -0.810. The molecule has 0 aromatic rings. The van der Waals surface area contributed by atoms with Crippen LogP contribution >= 0.6 is 12.4 Å². The fourth-order valence-electron chi connectivity index (χ4n) is 1.81. The van der Waals surface area contributed by atoms with Gasteiger partial charge in [0, 0.05) is 20.1 Å². The van der Waals surface area contributed by atoms with Gasteiger partial charge in [0.15, 0.2) is 0 Å². The van der Waals surface area contributed by atoms with Crippen LogP contribution in [0, 0.1) is 5.92 Å². The monoisotopic (exact) mass is 291 g/mol. The van der Waals surface area contributed by atoms with E-state index < -0.39 is 0 Å². The van der Waals surface area contributed by atoms with Gasteiger partial charge in [-0.3, -0.25) is 9.59 Å². The molecule has 1 saturated carbocycles. The van der Waals surface area contributed by atoms with Crippen molar-refractivity contribution in [3.05, 3.63) is 0 Å². The molecule has 19 heavy (non-hydrogen) atoms. The quantitative estimate of drug-likeness (QED) is 0.717. The maximum atomic E-state index is 11.8. The third-order valence-corrected chi connectivity index (χ3v) is 3.32. The second-order valence-electron chi connectivity index (χ2n) is 4.89. The number of nitrogens with one attached hydrogen (secondary N) is 1. The Morgan fingerprint density at radius 1 is 1.16 bits per heavy atom. The van der Waals surface area contributed by atoms with E-state index in [1.807, 2.05) is 13.8 Å². The number of likely N-dealkylation sites (N-methyl/N-ethyl adjacent to an activating group) is 2. The molecule has 0 bridgehead atoms. The summed E-state index contributed by atoms with van der Waals surface area (Å²) in [6.45, 7) is 6.70. The van der Waals surface area contributed by atoms with Crippen molar-refractivity contribution in [1.29, 1.82) is 0 Å². The molecule has 0 aliphatic heterocycles. The molecule has 5 nitrogen and oxygen atoms in total. The molecule has 2 amide bonds. The Kier molecular flexibility index (Phi) is 8.76. The molecule has 0 radical (unpaired) electrons. The van der Waals surface area contributed by atoms with Crippen molar-refractivity contribution in [3.63, 3.8) is 0 Å². The number of halogens is 1. The number of nitrogens with zero attached hydrogens (tertiary/aromatic N) is 2. The summed E-state index contributed by atoms with van der Waals surface area (Å²) in [5.74, 6) is 0.759. The zero-order valence-corrected chi connectivity index (χ0v) is 13.0. The largest absolute Gasteiger partial charge is 0.342 e. The van der Waals surface area contributed by atoms with Gasteiger partial charge in [0.2, 0.25) is 11.8 Å². The van der Waals surface area contributed by atoms with Crippen molar-refractivity contribution in [2.24, 2.45) is 5.92 Å². The molecular weight excluding hydrogens is 266 g/mol. The van der Waals surface area contributed by atoms with Crippen molar-refractivity contribution in [1.82, 2.24) is 15.1 Å². The average Bonchev–Trinajstić information content (AvgIpc) is 3.14. The lowest BCUT2D eigenvalue weighted by Crippen LogP contribution is -2.43. The van der Waals surface area contributed by atoms with E-state index >= 15 is 0 Å². The highest BCUT2D eigenvalue weighted by Gasteiger charge is 2.21. The summed E-state index contributed by atoms with van der Waals surface area (Å²) in [5, 5.41) is 3.14. The van der Waals surface area contributed by atoms with Crippen LogP contribution in [0.3, 0.4) is 0 Å². The number of rotatable bonds is 8. The van der Waals surface area contributed by atoms with E-state index in [1.54, 1.807) is 11.9 Å². The Balaban J connectivity index is 0.00000324. The topological polar surface area (TPSA) is 52.7 Å². The first kappa shape index (κ1) is 18.2. The number of carbonyl (C=O) groups excluding carboxylic acids is 2. The summed E-state index contributed by atoms with van der Waals surface area (Å²) in [5.41, 5.74) is 0. The summed E-state index contributed by atoms with van der Waals surface area (Å²) in [4.78, 5) is 26.8. The summed E-state index contributed by atoms with van der Waals surface area (Å²) in [7, 11) is 1.68. The number of hydrogen-bond donors (Lipinski definition) is 1. The van der Waals surface area contributed by atoms with Gasteiger partial charge in [-0.15, -0.1) is 12.4 Å². The third kappa shape index (κ3) is 6.78. The van der Waals surface area contributed by atoms with Gasteiger partial charge in [0.05, 0.1) is 13.1 Å². The summed E-state index contributed by atoms with van der Waals surface area (Å²) in [6, 6.07) is 0. The molecule has 112 valence electrons. The molecule has 0 heterocycles. The van der Waals surface area contributed by atoms with Crippen LogP contribution in [-0.2, 0) is 9.59 Å². The SMILES string of the molecule is CCN(CC)C(=O)CN(C)C(=O)CNCC1CC1.Cl. The average molecular weight is 292 g/mol. The Morgan fingerprint density at radius 3 is 2.21 bits per heavy atom. The molecule has 0 saturated heterocycles. The molecule has 0 aromatic carbocycles. The summed E-state index contributed by atoms with van der Waals surface area (Å²) in [6.07, 6.45) is 2.55. The molecule has 0 spiro atoms. The van der Waals surface area contributed by atoms with Gasteiger partial charge in [0.25, 0.3) is 0 Å². The minimum absolute atomic E-state index is 0. The molecule has 0 unspecified atom stereocenters. The lowest BCUT2D eigenvalue weighted by Gasteiger charge is -2.23. The van der Waals surface area contributed by atoms with Gasteiger partial charge in [-0.2, -0.15) is 0 Å². The van der Waals surface area contributed by atoms with Crippen LogP contribution in [0.25, 0.3) is 0 Å². The van der Waals surface area contributed by atoms with Crippen molar-refractivity contribution in [2.45, 2.75) is 26.7 Å². The van der Waals surface area contributed by atoms with Crippen LogP contribution in [0.1, 0.15) is 26.7 Å². The smallest absolute Gasteiger partial charge is 0.242 e. The summed E-state index contributed by atoms with van der Waals surface area (Å²) >= 11 is 0. The molecule has 1 rings (SSSR count). The van der Waals surface area contributed by atoms with Crippen LogP contribution in [0.4, 0.5) is 0 Å². The first-order valence-corrected chi connectivity index (χ1v) is 6.80. The van der Waals surface area contributed by atoms with Crippen molar-refractivity contribution in [3.8, 4) is 0 Å². The standard InChI is InChI=1S/C13H25N3O2.ClH/c1-4-16(5-2)13(18)10-15(3)12(17)9-14-8-11-6-7-11;/h11,14H,4-10H2,1-3H3;1H. The normalized spacial score (nSPS) is 13.6. The van der Waals surface area contributed by atoms with E-state index in [1.165, 1.54) is 17.7 Å². The van der Waals surface area contributed by atoms with Crippen LogP contribution in [-0.4, -0.2) is 61.4 Å². The first-order chi connectivity index (χ1) is 8.58. The number of carbonyl (C=O) groups is 2. The number of amides is 2. The van der Waals surface area contributed by atoms with Crippen LogP contribution < -0.4 is 5.32 Å². The fourth-order valence-corrected chi connectivity index (χ4v) is 1.81. The number of hydrogen-bond acceptors (Lipinski definition) is 3. The van der Waals surface area contributed by atoms with Crippen LogP contribution in [0.15, 0.2) is 0 Å². The predicted molar refractivity (Wildman–Crippen MR) is 78.4 cm³/mol. The molecule has 1 aliphatic rings. The Morgan fingerprint density at radius 2 is 1.74 bits per heavy atom. The lowest BCUT2D eigenvalue weighted by molar-refractivity contribution is -0.138. The Bertz CT molecular complexity index is 292. The zero-order valence-electron chi connectivity index (χ0n) is 12.1. The van der Waals surface area contributed by atoms with Gasteiger partial charge >= 0.3 is 0 Å². The van der Waals surface area contributed by atoms with Crippen molar-refractivity contribution >= 4 is 24.2 Å². The van der Waals surface area contributed by atoms with Crippen molar-refractivity contribution < 1.29 is 9.59 Å². The van der Waals surface area contributed by atoms with Crippen LogP contribution in [0.5, 0.6) is 0 Å². The van der Waals surface area contributed by atoms with E-state index in [2.05, 4.69) is 5.32 Å². The van der Waals surface area contributed by atoms with E-state index in [0.29, 0.717) is 19.6 Å². The van der Waals surface area contributed by atoms with E-state index in [-0.39, 0.29) is 30.8 Å². The van der Waals surface area contributed by atoms with Gasteiger partial charge in [-0.05, 0) is 39.2 Å². The molecule has 1 fully saturated rings. The highest BCUT2D eigenvalue weighted by atomic mass is 35.5. The van der Waals surface area contributed by atoms with Gasteiger partial charge < -0.3 is 15.1 Å². The van der Waals surface area contributed by atoms with E-state index in [9.17, 15) is 9.59 Å². The second-order valence-corrected chi connectivity index (χ2v) is 4.89. The van der Waals surface area contributed by atoms with Gasteiger partial charge in [-0.25, -0.2) is 0 Å². The van der Waals surface area contributed by atoms with E-state index in [4.69, 9.17) is 0 Å². The highest BCUT2D eigenvalue weighted by Crippen LogP contribution is 2.27.